The molecule has 2 aromatic rings. The van der Waals surface area contributed by atoms with E-state index in [-0.39, 0.29) is 11.8 Å². The van der Waals surface area contributed by atoms with Crippen molar-refractivity contribution in [1.29, 1.82) is 0 Å². The molecule has 1 amide bonds. The quantitative estimate of drug-likeness (QED) is 0.850. The number of hydrogen-bond acceptors (Lipinski definition) is 4. The van der Waals surface area contributed by atoms with Crippen LogP contribution in [0.15, 0.2) is 24.8 Å². The van der Waals surface area contributed by atoms with E-state index in [1.807, 2.05) is 11.0 Å². The normalized spacial score (nSPS) is 18.8. The van der Waals surface area contributed by atoms with Gasteiger partial charge in [-0.25, -0.2) is 9.97 Å². The van der Waals surface area contributed by atoms with Gasteiger partial charge in [-0.3, -0.25) is 9.48 Å². The first-order valence-electron chi connectivity index (χ1n) is 6.89. The molecule has 6 nitrogen and oxygen atoms in total. The Bertz CT molecular complexity index is 642. The van der Waals surface area contributed by atoms with Crippen molar-refractivity contribution in [3.8, 4) is 0 Å². The minimum absolute atomic E-state index is 0.112. The van der Waals surface area contributed by atoms with Crippen LogP contribution in [0.3, 0.4) is 0 Å². The summed E-state index contributed by atoms with van der Waals surface area (Å²) in [6.45, 7) is 1.37. The molecule has 2 aromatic heterocycles. The maximum atomic E-state index is 12.5. The van der Waals surface area contributed by atoms with Gasteiger partial charge in [-0.05, 0) is 18.9 Å². The van der Waals surface area contributed by atoms with Crippen molar-refractivity contribution >= 4 is 17.5 Å². The smallest absolute Gasteiger partial charge is 0.275 e. The number of nitrogens with zero attached hydrogens (tertiary/aromatic N) is 5. The van der Waals surface area contributed by atoms with Crippen LogP contribution in [-0.4, -0.2) is 43.6 Å². The van der Waals surface area contributed by atoms with E-state index >= 15 is 0 Å². The third-order valence-corrected chi connectivity index (χ3v) is 4.00. The Morgan fingerprint density at radius 3 is 3.00 bits per heavy atom. The van der Waals surface area contributed by atoms with E-state index in [2.05, 4.69) is 15.1 Å². The molecular weight excluding hydrogens is 290 g/mol. The predicted molar refractivity (Wildman–Crippen MR) is 78.1 cm³/mol. The van der Waals surface area contributed by atoms with Crippen molar-refractivity contribution in [2.75, 3.05) is 13.1 Å². The van der Waals surface area contributed by atoms with Gasteiger partial charge in [-0.1, -0.05) is 11.6 Å². The second-order valence-corrected chi connectivity index (χ2v) is 5.63. The van der Waals surface area contributed by atoms with Gasteiger partial charge in [0.1, 0.15) is 6.33 Å². The first kappa shape index (κ1) is 14.0. The molecule has 0 aromatic carbocycles. The summed E-state index contributed by atoms with van der Waals surface area (Å²) in [5, 5.41) is 4.55. The number of hydrogen-bond donors (Lipinski definition) is 0. The third-order valence-electron chi connectivity index (χ3n) is 3.72. The number of aryl methyl sites for hydroxylation is 1. The summed E-state index contributed by atoms with van der Waals surface area (Å²) in [7, 11) is 1.75. The van der Waals surface area contributed by atoms with Crippen molar-refractivity contribution in [2.45, 2.75) is 18.8 Å². The number of carbonyl (C=O) groups is 1. The minimum Gasteiger partial charge on any atom is -0.337 e. The minimum atomic E-state index is -0.112. The summed E-state index contributed by atoms with van der Waals surface area (Å²) in [5.41, 5.74) is 1.30. The molecule has 1 aliphatic rings. The summed E-state index contributed by atoms with van der Waals surface area (Å²) in [4.78, 5) is 22.6. The van der Waals surface area contributed by atoms with Gasteiger partial charge < -0.3 is 4.90 Å². The maximum Gasteiger partial charge on any atom is 0.275 e. The topological polar surface area (TPSA) is 63.9 Å². The monoisotopic (exact) mass is 305 g/mol. The Morgan fingerprint density at radius 1 is 1.48 bits per heavy atom. The molecule has 1 atom stereocenters. The average molecular weight is 306 g/mol. The number of piperidine rings is 1. The lowest BCUT2D eigenvalue weighted by Crippen LogP contribution is -2.39. The molecule has 0 aliphatic carbocycles. The maximum absolute atomic E-state index is 12.5. The zero-order valence-corrected chi connectivity index (χ0v) is 12.5. The SMILES string of the molecule is Cn1cc(Cl)c(C(=O)N2CCC[C@@H](c3ccncn3)C2)n1. The van der Waals surface area contributed by atoms with Crippen LogP contribution in [0.5, 0.6) is 0 Å². The molecule has 0 bridgehead atoms. The summed E-state index contributed by atoms with van der Waals surface area (Å²) >= 11 is 6.06. The van der Waals surface area contributed by atoms with Crippen molar-refractivity contribution in [2.24, 2.45) is 7.05 Å². The fourth-order valence-corrected chi connectivity index (χ4v) is 2.96. The zero-order valence-electron chi connectivity index (χ0n) is 11.7. The van der Waals surface area contributed by atoms with Gasteiger partial charge in [0.2, 0.25) is 0 Å². The summed E-state index contributed by atoms with van der Waals surface area (Å²) in [5.74, 6) is 0.132. The van der Waals surface area contributed by atoms with Crippen LogP contribution in [0.4, 0.5) is 0 Å². The van der Waals surface area contributed by atoms with Crippen LogP contribution in [0.2, 0.25) is 5.02 Å². The lowest BCUT2D eigenvalue weighted by molar-refractivity contribution is 0.0699. The largest absolute Gasteiger partial charge is 0.337 e. The van der Waals surface area contributed by atoms with Crippen molar-refractivity contribution in [3.05, 3.63) is 41.2 Å². The number of amides is 1. The van der Waals surface area contributed by atoms with Crippen molar-refractivity contribution < 1.29 is 4.79 Å². The molecule has 0 N–H and O–H groups in total. The highest BCUT2D eigenvalue weighted by Gasteiger charge is 2.28. The molecule has 1 aliphatic heterocycles. The zero-order chi connectivity index (χ0) is 14.8. The van der Waals surface area contributed by atoms with Crippen LogP contribution in [0.1, 0.15) is 34.9 Å². The van der Waals surface area contributed by atoms with E-state index in [9.17, 15) is 4.79 Å². The number of halogens is 1. The Balaban J connectivity index is 1.77. The standard InChI is InChI=1S/C14H16ClN5O/c1-19-8-11(15)13(18-19)14(21)20-6-2-3-10(7-20)12-4-5-16-9-17-12/h4-5,8-10H,2-3,6-7H2,1H3/t10-/m1/s1. The van der Waals surface area contributed by atoms with Gasteiger partial charge in [0, 0.05) is 44.1 Å². The molecule has 0 saturated carbocycles. The fraction of sp³-hybridized carbons (Fsp3) is 0.429. The van der Waals surface area contributed by atoms with Crippen molar-refractivity contribution in [1.82, 2.24) is 24.6 Å². The molecule has 0 spiro atoms. The van der Waals surface area contributed by atoms with Crippen LogP contribution >= 0.6 is 11.6 Å². The molecule has 0 unspecified atom stereocenters. The highest BCUT2D eigenvalue weighted by Crippen LogP contribution is 2.27. The van der Waals surface area contributed by atoms with Crippen LogP contribution < -0.4 is 0 Å². The molecular formula is C14H16ClN5O. The van der Waals surface area contributed by atoms with Gasteiger partial charge in [0.15, 0.2) is 5.69 Å². The Morgan fingerprint density at radius 2 is 2.33 bits per heavy atom. The van der Waals surface area contributed by atoms with E-state index in [1.165, 1.54) is 0 Å². The van der Waals surface area contributed by atoms with E-state index in [0.29, 0.717) is 17.3 Å². The van der Waals surface area contributed by atoms with E-state index in [4.69, 9.17) is 11.6 Å². The Labute approximate surface area is 127 Å². The fourth-order valence-electron chi connectivity index (χ4n) is 2.70. The van der Waals surface area contributed by atoms with Crippen LogP contribution in [0, 0.1) is 0 Å². The molecule has 1 saturated heterocycles. The molecule has 0 radical (unpaired) electrons. The summed E-state index contributed by atoms with van der Waals surface area (Å²) < 4.78 is 1.56. The van der Waals surface area contributed by atoms with E-state index < -0.39 is 0 Å². The molecule has 3 heterocycles. The highest BCUT2D eigenvalue weighted by atomic mass is 35.5. The third kappa shape index (κ3) is 2.90. The second kappa shape index (κ2) is 5.81. The Hall–Kier alpha value is -1.95. The average Bonchev–Trinajstić information content (AvgIpc) is 2.86. The van der Waals surface area contributed by atoms with Gasteiger partial charge >= 0.3 is 0 Å². The van der Waals surface area contributed by atoms with Crippen LogP contribution in [-0.2, 0) is 7.05 Å². The molecule has 7 heteroatoms. The molecule has 21 heavy (non-hydrogen) atoms. The molecule has 3 rings (SSSR count). The second-order valence-electron chi connectivity index (χ2n) is 5.22. The Kier molecular flexibility index (Phi) is 3.88. The van der Waals surface area contributed by atoms with E-state index in [0.717, 1.165) is 25.1 Å². The lowest BCUT2D eigenvalue weighted by Gasteiger charge is -2.32. The summed E-state index contributed by atoms with van der Waals surface area (Å²) in [6.07, 6.45) is 6.90. The van der Waals surface area contributed by atoms with Gasteiger partial charge in [-0.15, -0.1) is 0 Å². The first-order chi connectivity index (χ1) is 10.1. The van der Waals surface area contributed by atoms with Crippen molar-refractivity contribution in [3.63, 3.8) is 0 Å². The first-order valence-corrected chi connectivity index (χ1v) is 7.27. The van der Waals surface area contributed by atoms with Crippen LogP contribution in [0.25, 0.3) is 0 Å². The number of likely N-dealkylation sites (tertiary alicyclic amines) is 1. The predicted octanol–water partition coefficient (Wildman–Crippen LogP) is 1.88. The van der Waals surface area contributed by atoms with Gasteiger partial charge in [-0.2, -0.15) is 5.10 Å². The van der Waals surface area contributed by atoms with Gasteiger partial charge in [0.05, 0.1) is 5.02 Å². The molecule has 110 valence electrons. The lowest BCUT2D eigenvalue weighted by atomic mass is 9.94. The molecule has 1 fully saturated rings. The number of aromatic nitrogens is 4. The number of carbonyl (C=O) groups excluding carboxylic acids is 1. The number of rotatable bonds is 2. The summed E-state index contributed by atoms with van der Waals surface area (Å²) in [6, 6.07) is 1.91. The van der Waals surface area contributed by atoms with E-state index in [1.54, 1.807) is 30.5 Å². The van der Waals surface area contributed by atoms with Gasteiger partial charge in [0.25, 0.3) is 5.91 Å². The highest BCUT2D eigenvalue weighted by molar-refractivity contribution is 6.33.